The number of fused-ring (bicyclic) bond motifs is 1. The summed E-state index contributed by atoms with van der Waals surface area (Å²) in [5.41, 5.74) is -0.407. The van der Waals surface area contributed by atoms with Gasteiger partial charge in [-0.2, -0.15) is 9.97 Å². The number of hydrogen-bond donors (Lipinski definition) is 4. The lowest BCUT2D eigenvalue weighted by Gasteiger charge is -2.22. The van der Waals surface area contributed by atoms with Gasteiger partial charge in [0.15, 0.2) is 23.2 Å². The molecule has 11 nitrogen and oxygen atoms in total. The van der Waals surface area contributed by atoms with Crippen molar-refractivity contribution >= 4 is 40.6 Å². The molecule has 1 amide bonds. The number of halogens is 2. The molecule has 13 heteroatoms. The van der Waals surface area contributed by atoms with Crippen LogP contribution in [-0.2, 0) is 9.47 Å². The van der Waals surface area contributed by atoms with Gasteiger partial charge in [0.1, 0.15) is 17.8 Å². The van der Waals surface area contributed by atoms with Crippen molar-refractivity contribution < 1.29 is 28.9 Å². The molecule has 4 atom stereocenters. The van der Waals surface area contributed by atoms with E-state index in [0.29, 0.717) is 0 Å². The van der Waals surface area contributed by atoms with E-state index in [1.807, 2.05) is 0 Å². The molecular formula is C16H22ClFN6O5. The molecule has 0 radical (unpaired) electrons. The van der Waals surface area contributed by atoms with Gasteiger partial charge in [0.2, 0.25) is 5.95 Å². The number of anilines is 2. The Labute approximate surface area is 170 Å². The zero-order valence-corrected chi connectivity index (χ0v) is 16.9. The highest BCUT2D eigenvalue weighted by Gasteiger charge is 2.57. The summed E-state index contributed by atoms with van der Waals surface area (Å²) in [6.07, 6.45) is -4.11. The van der Waals surface area contributed by atoms with Gasteiger partial charge in [-0.15, -0.1) is 0 Å². The van der Waals surface area contributed by atoms with Crippen molar-refractivity contribution in [2.24, 2.45) is 0 Å². The number of nitrogens with zero attached hydrogens (tertiary/aromatic N) is 4. The molecule has 1 aliphatic rings. The highest BCUT2D eigenvalue weighted by atomic mass is 35.5. The average Bonchev–Trinajstić information content (AvgIpc) is 3.11. The van der Waals surface area contributed by atoms with Gasteiger partial charge in [0.25, 0.3) is 5.13 Å². The number of carbonyl (C=O) groups is 1. The molecule has 29 heavy (non-hydrogen) atoms. The first-order valence-electron chi connectivity index (χ1n) is 8.72. The number of nitrogens with one attached hydrogen (secondary N) is 2. The van der Waals surface area contributed by atoms with Crippen molar-refractivity contribution in [2.75, 3.05) is 24.3 Å². The van der Waals surface area contributed by atoms with Gasteiger partial charge >= 0.3 is 6.09 Å². The fourth-order valence-corrected chi connectivity index (χ4v) is 3.13. The number of imidazole rings is 1. The molecule has 0 aliphatic carbocycles. The molecule has 1 aliphatic heterocycles. The maximum Gasteiger partial charge on any atom is 0.414 e. The van der Waals surface area contributed by atoms with E-state index in [1.54, 1.807) is 27.8 Å². The molecule has 3 heterocycles. The summed E-state index contributed by atoms with van der Waals surface area (Å²) in [6, 6.07) is 0. The maximum absolute atomic E-state index is 15.0. The van der Waals surface area contributed by atoms with Gasteiger partial charge in [-0.1, -0.05) is 11.6 Å². The van der Waals surface area contributed by atoms with Crippen molar-refractivity contribution in [3.05, 3.63) is 6.33 Å². The molecule has 2 aromatic heterocycles. The maximum atomic E-state index is 15.0. The summed E-state index contributed by atoms with van der Waals surface area (Å²) in [7, 11) is 1.58. The summed E-state index contributed by atoms with van der Waals surface area (Å²) in [5, 5.41) is 21.7. The Hall–Kier alpha value is -2.28. The summed E-state index contributed by atoms with van der Waals surface area (Å²) >= 11 is 5.87. The molecule has 0 unspecified atom stereocenters. The largest absolute Gasteiger partial charge is 0.444 e. The van der Waals surface area contributed by atoms with Crippen LogP contribution >= 0.6 is 11.6 Å². The number of amides is 1. The quantitative estimate of drug-likeness (QED) is 0.526. The van der Waals surface area contributed by atoms with Crippen LogP contribution in [0.3, 0.4) is 0 Å². The number of aromatic nitrogens is 4. The number of alkyl halides is 2. The van der Waals surface area contributed by atoms with Crippen LogP contribution in [0.4, 0.5) is 21.0 Å². The lowest BCUT2D eigenvalue weighted by atomic mass is 10.1. The van der Waals surface area contributed by atoms with E-state index in [9.17, 15) is 19.4 Å². The lowest BCUT2D eigenvalue weighted by Crippen LogP contribution is -2.38. The van der Waals surface area contributed by atoms with Gasteiger partial charge in [-0.05, 0) is 20.8 Å². The van der Waals surface area contributed by atoms with E-state index in [1.165, 1.54) is 6.33 Å². The van der Waals surface area contributed by atoms with Gasteiger partial charge in [0, 0.05) is 7.05 Å². The van der Waals surface area contributed by atoms with Crippen molar-refractivity contribution in [2.45, 2.75) is 49.9 Å². The molecule has 0 saturated carbocycles. The summed E-state index contributed by atoms with van der Waals surface area (Å²) in [6.45, 7) is 4.47. The fraction of sp³-hybridized carbons (Fsp3) is 0.625. The Morgan fingerprint density at radius 2 is 2.17 bits per heavy atom. The Kier molecular flexibility index (Phi) is 5.56. The van der Waals surface area contributed by atoms with Crippen LogP contribution in [0.1, 0.15) is 27.0 Å². The van der Waals surface area contributed by atoms with Crippen molar-refractivity contribution in [1.82, 2.24) is 19.5 Å². The molecule has 1 fully saturated rings. The Morgan fingerprint density at radius 3 is 2.72 bits per heavy atom. The molecule has 1 saturated heterocycles. The van der Waals surface area contributed by atoms with E-state index in [-0.39, 0.29) is 22.9 Å². The van der Waals surface area contributed by atoms with E-state index in [2.05, 4.69) is 25.6 Å². The van der Waals surface area contributed by atoms with Crippen molar-refractivity contribution in [3.8, 4) is 0 Å². The Morgan fingerprint density at radius 1 is 1.48 bits per heavy atom. The van der Waals surface area contributed by atoms with Gasteiger partial charge in [-0.3, -0.25) is 9.88 Å². The highest BCUT2D eigenvalue weighted by Crippen LogP contribution is 2.45. The zero-order valence-electron chi connectivity index (χ0n) is 16.2. The molecule has 2 aromatic rings. The zero-order chi connectivity index (χ0) is 21.6. The number of rotatable bonds is 4. The third kappa shape index (κ3) is 4.06. The molecule has 0 bridgehead atoms. The molecule has 3 rings (SSSR count). The summed E-state index contributed by atoms with van der Waals surface area (Å²) < 4.78 is 26.7. The van der Waals surface area contributed by atoms with Gasteiger partial charge < -0.3 is 25.0 Å². The second-order valence-corrected chi connectivity index (χ2v) is 8.00. The third-order valence-corrected chi connectivity index (χ3v) is 4.49. The summed E-state index contributed by atoms with van der Waals surface area (Å²) in [5.74, 6) is 0.116. The standard InChI is InChI=1S/C16H22ClFN6O5/c1-15(2,3)29-14(27)23-13-21-10(19-4)8-11(22-13)24(6-20-8)12-16(17,18)9(26)7(5-25)28-12/h6-7,9,12,25-26H,5H2,1-4H3,(H2,19,21,22,23,27)/t7-,9-,12-,16-/m1/s1. The fourth-order valence-electron chi connectivity index (χ4n) is 2.83. The minimum Gasteiger partial charge on any atom is -0.444 e. The average molecular weight is 433 g/mol. The summed E-state index contributed by atoms with van der Waals surface area (Å²) in [4.78, 5) is 24.5. The second kappa shape index (κ2) is 7.52. The molecular weight excluding hydrogens is 411 g/mol. The van der Waals surface area contributed by atoms with Crippen LogP contribution < -0.4 is 10.6 Å². The minimum absolute atomic E-state index is 0.0777. The highest BCUT2D eigenvalue weighted by molar-refractivity contribution is 6.23. The van der Waals surface area contributed by atoms with Crippen LogP contribution in [0.15, 0.2) is 6.33 Å². The van der Waals surface area contributed by atoms with Crippen molar-refractivity contribution in [1.29, 1.82) is 0 Å². The first-order chi connectivity index (χ1) is 13.5. The van der Waals surface area contributed by atoms with Gasteiger partial charge in [0.05, 0.1) is 12.9 Å². The van der Waals surface area contributed by atoms with Crippen LogP contribution in [0.2, 0.25) is 0 Å². The van der Waals surface area contributed by atoms with E-state index in [0.717, 1.165) is 4.57 Å². The number of ether oxygens (including phenoxy) is 2. The Balaban J connectivity index is 2.01. The lowest BCUT2D eigenvalue weighted by molar-refractivity contribution is -0.0482. The third-order valence-electron chi connectivity index (χ3n) is 4.08. The van der Waals surface area contributed by atoms with Crippen LogP contribution in [-0.4, -0.2) is 72.4 Å². The molecule has 0 aromatic carbocycles. The molecule has 4 N–H and O–H groups in total. The number of aliphatic hydroxyl groups excluding tert-OH is 2. The van der Waals surface area contributed by atoms with E-state index < -0.39 is 41.9 Å². The molecule has 160 valence electrons. The van der Waals surface area contributed by atoms with Crippen molar-refractivity contribution in [3.63, 3.8) is 0 Å². The second-order valence-electron chi connectivity index (χ2n) is 7.43. The van der Waals surface area contributed by atoms with E-state index in [4.69, 9.17) is 21.1 Å². The predicted octanol–water partition coefficient (Wildman–Crippen LogP) is 1.37. The first kappa shape index (κ1) is 21.4. The van der Waals surface area contributed by atoms with Crippen LogP contribution in [0.5, 0.6) is 0 Å². The predicted molar refractivity (Wildman–Crippen MR) is 101 cm³/mol. The first-order valence-corrected chi connectivity index (χ1v) is 9.10. The van der Waals surface area contributed by atoms with Gasteiger partial charge in [-0.25, -0.2) is 14.2 Å². The monoisotopic (exact) mass is 432 g/mol. The normalized spacial score (nSPS) is 27.2. The SMILES string of the molecule is CNc1nc(NC(=O)OC(C)(C)C)nc2c1ncn2[C@@H]1O[C@H](CO)[C@@H](O)[C@]1(F)Cl. The minimum atomic E-state index is -2.75. The smallest absolute Gasteiger partial charge is 0.414 e. The van der Waals surface area contributed by atoms with Crippen LogP contribution in [0.25, 0.3) is 11.2 Å². The molecule has 0 spiro atoms. The number of aliphatic hydroxyl groups is 2. The Bertz CT molecular complexity index is 917. The number of carbonyl (C=O) groups excluding carboxylic acids is 1. The number of hydrogen-bond acceptors (Lipinski definition) is 9. The van der Waals surface area contributed by atoms with E-state index >= 15 is 0 Å². The van der Waals surface area contributed by atoms with Crippen LogP contribution in [0, 0.1) is 0 Å². The topological polar surface area (TPSA) is 144 Å².